The zero-order chi connectivity index (χ0) is 30.4. The van der Waals surface area contributed by atoms with Gasteiger partial charge in [-0.15, -0.1) is 0 Å². The highest BCUT2D eigenvalue weighted by Gasteiger charge is 2.80. The molecule has 1 aliphatic heterocycles. The summed E-state index contributed by atoms with van der Waals surface area (Å²) in [5.74, 6) is -2.90. The first-order valence-corrected chi connectivity index (χ1v) is 14.4. The Balaban J connectivity index is 1.66. The number of ether oxygens (including phenoxy) is 5. The molecule has 2 aliphatic carbocycles. The second-order valence-corrected chi connectivity index (χ2v) is 12.4. The van der Waals surface area contributed by atoms with Crippen molar-refractivity contribution in [2.75, 3.05) is 0 Å². The molecule has 0 aromatic heterocycles. The monoisotopic (exact) mass is 578 g/mol. The van der Waals surface area contributed by atoms with E-state index in [0.29, 0.717) is 11.1 Å². The smallest absolute Gasteiger partial charge is 0.338 e. The third-order valence-corrected chi connectivity index (χ3v) is 9.45. The number of benzene rings is 2. The third kappa shape index (κ3) is 4.77. The Kier molecular flexibility index (Phi) is 7.68. The summed E-state index contributed by atoms with van der Waals surface area (Å²) in [5.41, 5.74) is -2.59. The van der Waals surface area contributed by atoms with Crippen molar-refractivity contribution in [3.63, 3.8) is 0 Å². The Bertz CT molecular complexity index is 1360. The largest absolute Gasteiger partial charge is 0.459 e. The molecule has 224 valence electrons. The molecule has 1 spiro atoms. The highest BCUT2D eigenvalue weighted by Crippen LogP contribution is 2.68. The molecule has 0 amide bonds. The number of esters is 4. The van der Waals surface area contributed by atoms with Crippen molar-refractivity contribution in [1.29, 1.82) is 0 Å². The van der Waals surface area contributed by atoms with Crippen molar-refractivity contribution in [3.8, 4) is 0 Å². The number of carbonyl (C=O) groups is 4. The zero-order valence-electron chi connectivity index (χ0n) is 24.8. The predicted octanol–water partition coefficient (Wildman–Crippen LogP) is 4.91. The fraction of sp³-hybridized carbons (Fsp3) is 0.515. The SMILES string of the molecule is CC(=O)O[C@@H]1C[C@@H](C)[C@]23OC(C)(C)[C@H](C[C@H](OC(=O)c4ccccc4)[C@]2(C)[C@H]1OC(C)=O)[C@H]3OC(=O)c1ccccc1. The molecule has 9 nitrogen and oxygen atoms in total. The molecule has 0 unspecified atom stereocenters. The summed E-state index contributed by atoms with van der Waals surface area (Å²) in [6.07, 6.45) is -2.99. The number of carbonyl (C=O) groups excluding carboxylic acids is 4. The van der Waals surface area contributed by atoms with Crippen molar-refractivity contribution < 1.29 is 42.9 Å². The van der Waals surface area contributed by atoms with Crippen LogP contribution >= 0.6 is 0 Å². The van der Waals surface area contributed by atoms with E-state index < -0.39 is 64.9 Å². The summed E-state index contributed by atoms with van der Waals surface area (Å²) in [4.78, 5) is 51.8. The molecular formula is C33H38O9. The Morgan fingerprint density at radius 2 is 1.24 bits per heavy atom. The number of fused-ring (bicyclic) bond motifs is 1. The Morgan fingerprint density at radius 1 is 0.714 bits per heavy atom. The summed E-state index contributed by atoms with van der Waals surface area (Å²) >= 11 is 0. The minimum atomic E-state index is -1.28. The molecular weight excluding hydrogens is 540 g/mol. The van der Waals surface area contributed by atoms with E-state index in [0.717, 1.165) is 0 Å². The van der Waals surface area contributed by atoms with Gasteiger partial charge in [-0.1, -0.05) is 43.3 Å². The molecule has 3 fully saturated rings. The lowest BCUT2D eigenvalue weighted by Crippen LogP contribution is -2.76. The van der Waals surface area contributed by atoms with Gasteiger partial charge in [0.1, 0.15) is 23.9 Å². The Hall–Kier alpha value is -3.72. The van der Waals surface area contributed by atoms with Gasteiger partial charge in [0.2, 0.25) is 0 Å². The van der Waals surface area contributed by atoms with Crippen LogP contribution < -0.4 is 0 Å². The maximum Gasteiger partial charge on any atom is 0.338 e. The molecule has 2 saturated carbocycles. The van der Waals surface area contributed by atoms with Crippen LogP contribution in [0.2, 0.25) is 0 Å². The zero-order valence-corrected chi connectivity index (χ0v) is 24.8. The van der Waals surface area contributed by atoms with Crippen LogP contribution in [0.3, 0.4) is 0 Å². The predicted molar refractivity (Wildman–Crippen MR) is 150 cm³/mol. The molecule has 2 aromatic rings. The highest BCUT2D eigenvalue weighted by molar-refractivity contribution is 5.90. The molecule has 2 aromatic carbocycles. The van der Waals surface area contributed by atoms with E-state index in [4.69, 9.17) is 23.7 Å². The molecule has 3 aliphatic rings. The van der Waals surface area contributed by atoms with Gasteiger partial charge in [-0.25, -0.2) is 9.59 Å². The van der Waals surface area contributed by atoms with Crippen LogP contribution in [0.5, 0.6) is 0 Å². The lowest BCUT2D eigenvalue weighted by molar-refractivity contribution is -0.302. The number of hydrogen-bond acceptors (Lipinski definition) is 9. The van der Waals surface area contributed by atoms with Gasteiger partial charge in [-0.3, -0.25) is 9.59 Å². The van der Waals surface area contributed by atoms with Gasteiger partial charge >= 0.3 is 23.9 Å². The summed E-state index contributed by atoms with van der Waals surface area (Å²) in [6, 6.07) is 17.3. The minimum Gasteiger partial charge on any atom is -0.459 e. The van der Waals surface area contributed by atoms with E-state index in [1.54, 1.807) is 54.6 Å². The molecule has 8 atom stereocenters. The molecule has 5 rings (SSSR count). The van der Waals surface area contributed by atoms with Crippen molar-refractivity contribution in [1.82, 2.24) is 0 Å². The van der Waals surface area contributed by atoms with Gasteiger partial charge in [0, 0.05) is 19.8 Å². The van der Waals surface area contributed by atoms with Gasteiger partial charge in [0.25, 0.3) is 0 Å². The van der Waals surface area contributed by atoms with E-state index in [9.17, 15) is 19.2 Å². The highest BCUT2D eigenvalue weighted by atomic mass is 16.6. The van der Waals surface area contributed by atoms with Crippen molar-refractivity contribution in [3.05, 3.63) is 71.8 Å². The fourth-order valence-corrected chi connectivity index (χ4v) is 7.70. The van der Waals surface area contributed by atoms with Crippen LogP contribution in [0.4, 0.5) is 0 Å². The lowest BCUT2D eigenvalue weighted by atomic mass is 9.48. The summed E-state index contributed by atoms with van der Waals surface area (Å²) < 4.78 is 31.4. The standard InChI is InChI=1S/C33H38O9/c1-19-17-25(38-20(2)34)28(39-21(3)35)32(6)26(40-29(36)22-13-9-7-10-14-22)18-24-27(33(19,32)42-31(24,4)5)41-30(37)23-15-11-8-12-16-23/h7-16,19,24-28H,17-18H2,1-6H3/t19-,24-,25-,26+,27-,28+,32-,33-/m1/s1. The van der Waals surface area contributed by atoms with Gasteiger partial charge in [-0.05, 0) is 63.8 Å². The summed E-state index contributed by atoms with van der Waals surface area (Å²) in [5, 5.41) is 0. The Morgan fingerprint density at radius 3 is 1.76 bits per heavy atom. The quantitative estimate of drug-likeness (QED) is 0.348. The first kappa shape index (κ1) is 29.8. The van der Waals surface area contributed by atoms with Gasteiger partial charge in [-0.2, -0.15) is 0 Å². The van der Waals surface area contributed by atoms with E-state index in [-0.39, 0.29) is 24.7 Å². The minimum absolute atomic E-state index is 0.258. The second-order valence-electron chi connectivity index (χ2n) is 12.4. The first-order valence-electron chi connectivity index (χ1n) is 14.4. The van der Waals surface area contributed by atoms with E-state index in [1.165, 1.54) is 13.8 Å². The second kappa shape index (κ2) is 10.8. The van der Waals surface area contributed by atoms with Crippen LogP contribution in [0.15, 0.2) is 60.7 Å². The maximum atomic E-state index is 13.5. The molecule has 1 saturated heterocycles. The summed E-state index contributed by atoms with van der Waals surface area (Å²) in [6.45, 7) is 10.2. The van der Waals surface area contributed by atoms with E-state index >= 15 is 0 Å². The van der Waals surface area contributed by atoms with Crippen LogP contribution in [0, 0.1) is 17.3 Å². The van der Waals surface area contributed by atoms with Crippen LogP contribution in [-0.2, 0) is 33.3 Å². The maximum absolute atomic E-state index is 13.5. The average molecular weight is 579 g/mol. The fourth-order valence-electron chi connectivity index (χ4n) is 7.70. The Labute approximate surface area is 245 Å². The molecule has 1 heterocycles. The normalized spacial score (nSPS) is 34.4. The molecule has 0 N–H and O–H groups in total. The van der Waals surface area contributed by atoms with E-state index in [1.807, 2.05) is 33.8 Å². The first-order chi connectivity index (χ1) is 19.8. The van der Waals surface area contributed by atoms with Crippen molar-refractivity contribution in [2.24, 2.45) is 17.3 Å². The molecule has 9 heteroatoms. The molecule has 42 heavy (non-hydrogen) atoms. The van der Waals surface area contributed by atoms with Gasteiger partial charge < -0.3 is 23.7 Å². The van der Waals surface area contributed by atoms with E-state index in [2.05, 4.69) is 0 Å². The molecule has 2 bridgehead atoms. The number of hydrogen-bond donors (Lipinski definition) is 0. The average Bonchev–Trinajstić information content (AvgIpc) is 3.12. The van der Waals surface area contributed by atoms with Crippen molar-refractivity contribution in [2.45, 2.75) is 90.0 Å². The van der Waals surface area contributed by atoms with Gasteiger partial charge in [0.05, 0.1) is 22.1 Å². The summed E-state index contributed by atoms with van der Waals surface area (Å²) in [7, 11) is 0. The van der Waals surface area contributed by atoms with Crippen molar-refractivity contribution >= 4 is 23.9 Å². The molecule has 0 radical (unpaired) electrons. The van der Waals surface area contributed by atoms with Gasteiger partial charge in [0.15, 0.2) is 6.10 Å². The lowest BCUT2D eigenvalue weighted by Gasteiger charge is -2.62. The third-order valence-electron chi connectivity index (χ3n) is 9.45. The van der Waals surface area contributed by atoms with Crippen LogP contribution in [0.1, 0.15) is 75.1 Å². The van der Waals surface area contributed by atoms with Crippen LogP contribution in [0.25, 0.3) is 0 Å². The topological polar surface area (TPSA) is 114 Å². The number of rotatable bonds is 6. The van der Waals surface area contributed by atoms with Crippen LogP contribution in [-0.4, -0.2) is 59.5 Å².